The van der Waals surface area contributed by atoms with Crippen LogP contribution in [0.3, 0.4) is 0 Å². The lowest BCUT2D eigenvalue weighted by atomic mass is 10.1. The van der Waals surface area contributed by atoms with Gasteiger partial charge in [-0.2, -0.15) is 0 Å². The fourth-order valence-electron chi connectivity index (χ4n) is 2.26. The number of ether oxygens (including phenoxy) is 3. The van der Waals surface area contributed by atoms with Crippen LogP contribution in [0.25, 0.3) is 0 Å². The SMILES string of the molecule is COCCCOc1cc(C(C)NC2CC2)ccc1OC(C)F. The third-order valence-electron chi connectivity index (χ3n) is 3.57. The molecule has 0 aromatic heterocycles. The number of halogens is 1. The predicted molar refractivity (Wildman–Crippen MR) is 84.2 cm³/mol. The molecule has 0 aliphatic heterocycles. The fourth-order valence-corrected chi connectivity index (χ4v) is 2.26. The van der Waals surface area contributed by atoms with Gasteiger partial charge in [0.05, 0.1) is 6.61 Å². The second-order valence-corrected chi connectivity index (χ2v) is 5.72. The van der Waals surface area contributed by atoms with E-state index in [0.717, 1.165) is 12.0 Å². The second-order valence-electron chi connectivity index (χ2n) is 5.72. The molecule has 1 saturated carbocycles. The quantitative estimate of drug-likeness (QED) is 0.670. The summed E-state index contributed by atoms with van der Waals surface area (Å²) in [5, 5.41) is 3.54. The number of alkyl halides is 1. The summed E-state index contributed by atoms with van der Waals surface area (Å²) in [4.78, 5) is 0. The van der Waals surface area contributed by atoms with Gasteiger partial charge in [-0.3, -0.25) is 0 Å². The maximum absolute atomic E-state index is 13.1. The number of hydrogen-bond donors (Lipinski definition) is 1. The van der Waals surface area contributed by atoms with Crippen molar-refractivity contribution >= 4 is 0 Å². The molecule has 22 heavy (non-hydrogen) atoms. The molecule has 124 valence electrons. The molecule has 2 atom stereocenters. The fraction of sp³-hybridized carbons (Fsp3) is 0.647. The van der Waals surface area contributed by atoms with Gasteiger partial charge >= 0.3 is 0 Å². The Bertz CT molecular complexity index is 463. The first-order valence-corrected chi connectivity index (χ1v) is 7.92. The molecule has 5 heteroatoms. The average Bonchev–Trinajstić information content (AvgIpc) is 3.28. The van der Waals surface area contributed by atoms with Crippen LogP contribution in [0, 0.1) is 0 Å². The lowest BCUT2D eigenvalue weighted by Gasteiger charge is -2.18. The van der Waals surface area contributed by atoms with Gasteiger partial charge in [-0.25, -0.2) is 4.39 Å². The van der Waals surface area contributed by atoms with Crippen molar-refractivity contribution in [2.24, 2.45) is 0 Å². The van der Waals surface area contributed by atoms with Gasteiger partial charge < -0.3 is 19.5 Å². The summed E-state index contributed by atoms with van der Waals surface area (Å²) in [6.07, 6.45) is 1.90. The Hall–Kier alpha value is -1.33. The standard InChI is InChI=1S/C17H26FNO3/c1-12(19-15-6-7-15)14-5-8-16(22-13(2)18)17(11-14)21-10-4-9-20-3/h5,8,11-13,15,19H,4,6-7,9-10H2,1-3H3. The van der Waals surface area contributed by atoms with Crippen molar-refractivity contribution in [2.75, 3.05) is 20.3 Å². The van der Waals surface area contributed by atoms with Crippen LogP contribution in [0.4, 0.5) is 4.39 Å². The second kappa shape index (κ2) is 8.34. The van der Waals surface area contributed by atoms with Gasteiger partial charge in [0.25, 0.3) is 0 Å². The zero-order chi connectivity index (χ0) is 15.9. The number of rotatable bonds is 10. The lowest BCUT2D eigenvalue weighted by molar-refractivity contribution is 0.0807. The highest BCUT2D eigenvalue weighted by Gasteiger charge is 2.23. The summed E-state index contributed by atoms with van der Waals surface area (Å²) >= 11 is 0. The monoisotopic (exact) mass is 311 g/mol. The lowest BCUT2D eigenvalue weighted by Crippen LogP contribution is -2.20. The third kappa shape index (κ3) is 5.46. The van der Waals surface area contributed by atoms with Crippen molar-refractivity contribution in [3.8, 4) is 11.5 Å². The molecule has 2 rings (SSSR count). The van der Waals surface area contributed by atoms with Crippen LogP contribution in [-0.4, -0.2) is 32.7 Å². The van der Waals surface area contributed by atoms with Crippen LogP contribution in [0.5, 0.6) is 11.5 Å². The van der Waals surface area contributed by atoms with Crippen LogP contribution < -0.4 is 14.8 Å². The van der Waals surface area contributed by atoms with E-state index in [1.54, 1.807) is 13.2 Å². The average molecular weight is 311 g/mol. The minimum Gasteiger partial charge on any atom is -0.490 e. The summed E-state index contributed by atoms with van der Waals surface area (Å²) in [6.45, 7) is 4.63. The minimum atomic E-state index is -1.37. The molecule has 1 aromatic rings. The number of benzene rings is 1. The van der Waals surface area contributed by atoms with Crippen LogP contribution in [0.15, 0.2) is 18.2 Å². The van der Waals surface area contributed by atoms with Gasteiger partial charge in [0.2, 0.25) is 6.36 Å². The molecule has 1 fully saturated rings. The Morgan fingerprint density at radius 3 is 2.64 bits per heavy atom. The van der Waals surface area contributed by atoms with Crippen LogP contribution >= 0.6 is 0 Å². The first-order valence-electron chi connectivity index (χ1n) is 7.92. The highest BCUT2D eigenvalue weighted by atomic mass is 19.1. The van der Waals surface area contributed by atoms with E-state index in [4.69, 9.17) is 14.2 Å². The molecule has 2 unspecified atom stereocenters. The number of hydrogen-bond acceptors (Lipinski definition) is 4. The summed E-state index contributed by atoms with van der Waals surface area (Å²) in [7, 11) is 1.66. The zero-order valence-electron chi connectivity index (χ0n) is 13.6. The van der Waals surface area contributed by atoms with Crippen molar-refractivity contribution in [3.05, 3.63) is 23.8 Å². The Morgan fingerprint density at radius 1 is 1.23 bits per heavy atom. The molecule has 0 amide bonds. The molecular weight excluding hydrogens is 285 g/mol. The van der Waals surface area contributed by atoms with Crippen LogP contribution in [0.1, 0.15) is 44.7 Å². The predicted octanol–water partition coefficient (Wildman–Crippen LogP) is 3.61. The van der Waals surface area contributed by atoms with E-state index in [9.17, 15) is 4.39 Å². The molecule has 1 N–H and O–H groups in total. The van der Waals surface area contributed by atoms with E-state index >= 15 is 0 Å². The molecule has 0 heterocycles. The maximum Gasteiger partial charge on any atom is 0.236 e. The highest BCUT2D eigenvalue weighted by molar-refractivity contribution is 5.44. The van der Waals surface area contributed by atoms with Gasteiger partial charge in [0, 0.05) is 39.1 Å². The summed E-state index contributed by atoms with van der Waals surface area (Å²) in [5.74, 6) is 1.03. The van der Waals surface area contributed by atoms with Crippen molar-refractivity contribution in [3.63, 3.8) is 0 Å². The molecule has 0 saturated heterocycles. The summed E-state index contributed by atoms with van der Waals surface area (Å²) in [5.41, 5.74) is 1.12. The van der Waals surface area contributed by atoms with Gasteiger partial charge in [0.15, 0.2) is 11.5 Å². The molecule has 1 aliphatic carbocycles. The molecule has 4 nitrogen and oxygen atoms in total. The van der Waals surface area contributed by atoms with Crippen LogP contribution in [0.2, 0.25) is 0 Å². The minimum absolute atomic E-state index is 0.241. The Labute approximate surface area is 131 Å². The molecule has 0 spiro atoms. The van der Waals surface area contributed by atoms with E-state index in [1.807, 2.05) is 12.1 Å². The van der Waals surface area contributed by atoms with Gasteiger partial charge in [-0.05, 0) is 37.5 Å². The molecule has 1 aromatic carbocycles. The van der Waals surface area contributed by atoms with Crippen molar-refractivity contribution in [1.29, 1.82) is 0 Å². The smallest absolute Gasteiger partial charge is 0.236 e. The largest absolute Gasteiger partial charge is 0.490 e. The van der Waals surface area contributed by atoms with E-state index in [1.165, 1.54) is 19.8 Å². The van der Waals surface area contributed by atoms with Crippen molar-refractivity contribution in [2.45, 2.75) is 51.6 Å². The van der Waals surface area contributed by atoms with Gasteiger partial charge in [0.1, 0.15) is 0 Å². The first kappa shape index (κ1) is 17.0. The Morgan fingerprint density at radius 2 is 2.00 bits per heavy atom. The highest BCUT2D eigenvalue weighted by Crippen LogP contribution is 2.33. The van der Waals surface area contributed by atoms with E-state index in [-0.39, 0.29) is 6.04 Å². The topological polar surface area (TPSA) is 39.7 Å². The Balaban J connectivity index is 2.04. The summed E-state index contributed by atoms with van der Waals surface area (Å²) in [6, 6.07) is 6.54. The van der Waals surface area contributed by atoms with E-state index < -0.39 is 6.36 Å². The third-order valence-corrected chi connectivity index (χ3v) is 3.57. The molecular formula is C17H26FNO3. The molecule has 0 bridgehead atoms. The summed E-state index contributed by atoms with van der Waals surface area (Å²) < 4.78 is 29.1. The number of nitrogens with one attached hydrogen (secondary N) is 1. The normalized spacial score (nSPS) is 17.1. The van der Waals surface area contributed by atoms with Crippen molar-refractivity contribution in [1.82, 2.24) is 5.32 Å². The Kier molecular flexibility index (Phi) is 6.46. The van der Waals surface area contributed by atoms with Gasteiger partial charge in [-0.1, -0.05) is 6.07 Å². The zero-order valence-corrected chi connectivity index (χ0v) is 13.6. The van der Waals surface area contributed by atoms with E-state index in [2.05, 4.69) is 12.2 Å². The first-order chi connectivity index (χ1) is 10.6. The van der Waals surface area contributed by atoms with Gasteiger partial charge in [-0.15, -0.1) is 0 Å². The van der Waals surface area contributed by atoms with Crippen LogP contribution in [-0.2, 0) is 4.74 Å². The van der Waals surface area contributed by atoms with Crippen molar-refractivity contribution < 1.29 is 18.6 Å². The number of methoxy groups -OCH3 is 1. The molecule has 0 radical (unpaired) electrons. The maximum atomic E-state index is 13.1. The molecule has 1 aliphatic rings. The van der Waals surface area contributed by atoms with E-state index in [0.29, 0.717) is 30.8 Å².